The van der Waals surface area contributed by atoms with Crippen LogP contribution < -0.4 is 0 Å². The van der Waals surface area contributed by atoms with E-state index in [4.69, 9.17) is 14.6 Å². The molecule has 0 bridgehead atoms. The number of hydrogen-bond acceptors (Lipinski definition) is 7. The average Bonchev–Trinajstić information content (AvgIpc) is 2.56. The van der Waals surface area contributed by atoms with E-state index in [1.165, 1.54) is 6.08 Å². The fourth-order valence-electron chi connectivity index (χ4n) is 2.17. The maximum Gasteiger partial charge on any atom is 0.371 e. The molecule has 9 heteroatoms. The number of carbonyl (C=O) groups is 1. The minimum absolute atomic E-state index is 0.513. The maximum atomic E-state index is 11.4. The summed E-state index contributed by atoms with van der Waals surface area (Å²) in [4.78, 5) is 11.4. The quantitative estimate of drug-likeness (QED) is 0.333. The summed E-state index contributed by atoms with van der Waals surface area (Å²) in [6, 6.07) is 6.80. The third-order valence-corrected chi connectivity index (χ3v) is 4.22. The van der Waals surface area contributed by atoms with Crippen LogP contribution in [0.4, 0.5) is 0 Å². The van der Waals surface area contributed by atoms with Crippen molar-refractivity contribution >= 4 is 28.0 Å². The molecule has 0 aromatic heterocycles. The summed E-state index contributed by atoms with van der Waals surface area (Å²) >= 11 is 3.27. The number of aliphatic hydroxyl groups excluding tert-OH is 4. The van der Waals surface area contributed by atoms with Gasteiger partial charge in [0, 0.05) is 4.47 Å². The van der Waals surface area contributed by atoms with Crippen LogP contribution in [0.1, 0.15) is 5.56 Å². The first-order valence-corrected chi connectivity index (χ1v) is 7.81. The zero-order valence-corrected chi connectivity index (χ0v) is 13.9. The molecule has 0 aliphatic carbocycles. The van der Waals surface area contributed by atoms with Gasteiger partial charge in [0.2, 0.25) is 12.0 Å². The Balaban J connectivity index is 2.24. The molecule has 0 radical (unpaired) electrons. The second kappa shape index (κ2) is 8.06. The van der Waals surface area contributed by atoms with Crippen molar-refractivity contribution in [3.8, 4) is 0 Å². The number of aliphatic hydroxyl groups is 4. The summed E-state index contributed by atoms with van der Waals surface area (Å²) in [5.41, 5.74) is 0.513. The Morgan fingerprint density at radius 2 is 1.88 bits per heavy atom. The number of aliphatic carboxylic acids is 1. The zero-order valence-electron chi connectivity index (χ0n) is 12.3. The molecule has 1 fully saturated rings. The number of carboxylic acids is 1. The average molecular weight is 405 g/mol. The van der Waals surface area contributed by atoms with Crippen molar-refractivity contribution in [1.82, 2.24) is 0 Å². The summed E-state index contributed by atoms with van der Waals surface area (Å²) in [6.07, 6.45) is -6.43. The van der Waals surface area contributed by atoms with E-state index in [9.17, 15) is 25.2 Å². The molecule has 0 saturated carbocycles. The molecular formula is C15H17BrO8. The van der Waals surface area contributed by atoms with Gasteiger partial charge in [0.15, 0.2) is 0 Å². The normalized spacial score (nSPS) is 30.9. The monoisotopic (exact) mass is 404 g/mol. The first-order chi connectivity index (χ1) is 11.3. The Morgan fingerprint density at radius 3 is 2.46 bits per heavy atom. The van der Waals surface area contributed by atoms with Gasteiger partial charge in [0.1, 0.15) is 24.4 Å². The number of carboxylic acid groups (broad SMARTS) is 1. The highest BCUT2D eigenvalue weighted by molar-refractivity contribution is 9.10. The van der Waals surface area contributed by atoms with Gasteiger partial charge >= 0.3 is 5.97 Å². The van der Waals surface area contributed by atoms with Crippen LogP contribution in [0.15, 0.2) is 34.5 Å². The maximum absolute atomic E-state index is 11.4. The molecule has 1 aromatic rings. The Kier molecular flexibility index (Phi) is 6.33. The van der Waals surface area contributed by atoms with Crippen molar-refractivity contribution in [1.29, 1.82) is 0 Å². The summed E-state index contributed by atoms with van der Waals surface area (Å²) in [7, 11) is 0. The van der Waals surface area contributed by atoms with Gasteiger partial charge in [0.05, 0.1) is 6.61 Å². The Hall–Kier alpha value is -1.49. The highest BCUT2D eigenvalue weighted by Gasteiger charge is 2.45. The standard InChI is InChI=1S/C15H17BrO8/c16-8-4-2-1-3-7(8)5-9(14(21)22)23-15-13(20)12(19)11(18)10(6-17)24-15/h1-5,10-13,15,17-20H,6H2,(H,21,22). The van der Waals surface area contributed by atoms with E-state index >= 15 is 0 Å². The van der Waals surface area contributed by atoms with Crippen LogP contribution in [0.2, 0.25) is 0 Å². The van der Waals surface area contributed by atoms with Crippen molar-refractivity contribution < 1.29 is 39.8 Å². The van der Waals surface area contributed by atoms with Gasteiger partial charge in [-0.3, -0.25) is 0 Å². The lowest BCUT2D eigenvalue weighted by atomic mass is 9.99. The third kappa shape index (κ3) is 4.12. The van der Waals surface area contributed by atoms with E-state index < -0.39 is 49.0 Å². The molecule has 24 heavy (non-hydrogen) atoms. The van der Waals surface area contributed by atoms with Gasteiger partial charge in [-0.05, 0) is 17.7 Å². The van der Waals surface area contributed by atoms with E-state index in [1.54, 1.807) is 24.3 Å². The SMILES string of the molecule is O=C(O)C(=Cc1ccccc1Br)OC1OC(CO)C(O)C(O)C1O. The molecule has 132 valence electrons. The van der Waals surface area contributed by atoms with Crippen LogP contribution in [0.25, 0.3) is 6.08 Å². The van der Waals surface area contributed by atoms with Crippen molar-refractivity contribution in [2.45, 2.75) is 30.7 Å². The molecule has 5 N–H and O–H groups in total. The lowest BCUT2D eigenvalue weighted by Gasteiger charge is -2.39. The lowest BCUT2D eigenvalue weighted by Crippen LogP contribution is -2.59. The summed E-state index contributed by atoms with van der Waals surface area (Å²) in [5.74, 6) is -1.95. The van der Waals surface area contributed by atoms with Gasteiger partial charge in [-0.2, -0.15) is 0 Å². The van der Waals surface area contributed by atoms with E-state index in [-0.39, 0.29) is 0 Å². The molecule has 1 aromatic carbocycles. The first-order valence-electron chi connectivity index (χ1n) is 7.02. The topological polar surface area (TPSA) is 137 Å². The van der Waals surface area contributed by atoms with Crippen LogP contribution >= 0.6 is 15.9 Å². The van der Waals surface area contributed by atoms with Gasteiger partial charge in [-0.1, -0.05) is 34.1 Å². The fourth-order valence-corrected chi connectivity index (χ4v) is 2.57. The van der Waals surface area contributed by atoms with Gasteiger partial charge < -0.3 is 35.0 Å². The fraction of sp³-hybridized carbons (Fsp3) is 0.400. The molecule has 0 spiro atoms. The molecule has 8 nitrogen and oxygen atoms in total. The second-order valence-corrected chi connectivity index (χ2v) is 6.00. The van der Waals surface area contributed by atoms with Crippen LogP contribution in [0.3, 0.4) is 0 Å². The number of benzene rings is 1. The van der Waals surface area contributed by atoms with Crippen LogP contribution in [0, 0.1) is 0 Å². The van der Waals surface area contributed by atoms with E-state index in [1.807, 2.05) is 0 Å². The predicted octanol–water partition coefficient (Wildman–Crippen LogP) is -0.309. The van der Waals surface area contributed by atoms with E-state index in [0.29, 0.717) is 10.0 Å². The Labute approximate surface area is 145 Å². The largest absolute Gasteiger partial charge is 0.475 e. The van der Waals surface area contributed by atoms with Crippen molar-refractivity contribution in [2.75, 3.05) is 6.61 Å². The second-order valence-electron chi connectivity index (χ2n) is 5.15. The molecule has 1 heterocycles. The summed E-state index contributed by atoms with van der Waals surface area (Å²) < 4.78 is 10.9. The molecule has 1 saturated heterocycles. The molecule has 1 aliphatic heterocycles. The summed E-state index contributed by atoms with van der Waals surface area (Å²) in [5, 5.41) is 47.7. The Morgan fingerprint density at radius 1 is 1.21 bits per heavy atom. The summed E-state index contributed by atoms with van der Waals surface area (Å²) in [6.45, 7) is -0.638. The van der Waals surface area contributed by atoms with Crippen molar-refractivity contribution in [3.63, 3.8) is 0 Å². The number of rotatable bonds is 5. The highest BCUT2D eigenvalue weighted by atomic mass is 79.9. The molecule has 5 atom stereocenters. The first kappa shape index (κ1) is 18.8. The smallest absolute Gasteiger partial charge is 0.371 e. The van der Waals surface area contributed by atoms with E-state index in [2.05, 4.69) is 15.9 Å². The van der Waals surface area contributed by atoms with Gasteiger partial charge in [-0.25, -0.2) is 4.79 Å². The highest BCUT2D eigenvalue weighted by Crippen LogP contribution is 2.25. The van der Waals surface area contributed by atoms with Crippen LogP contribution in [0.5, 0.6) is 0 Å². The van der Waals surface area contributed by atoms with Gasteiger partial charge in [-0.15, -0.1) is 0 Å². The molecular weight excluding hydrogens is 388 g/mol. The van der Waals surface area contributed by atoms with Crippen LogP contribution in [-0.2, 0) is 14.3 Å². The van der Waals surface area contributed by atoms with Crippen LogP contribution in [-0.4, -0.2) is 68.8 Å². The lowest BCUT2D eigenvalue weighted by molar-refractivity contribution is -0.291. The zero-order chi connectivity index (χ0) is 17.9. The van der Waals surface area contributed by atoms with Crippen molar-refractivity contribution in [2.24, 2.45) is 0 Å². The van der Waals surface area contributed by atoms with E-state index in [0.717, 1.165) is 0 Å². The Bertz CT molecular complexity index is 617. The number of halogens is 1. The predicted molar refractivity (Wildman–Crippen MR) is 84.6 cm³/mol. The molecule has 5 unspecified atom stereocenters. The minimum atomic E-state index is -1.69. The molecule has 2 rings (SSSR count). The van der Waals surface area contributed by atoms with Gasteiger partial charge in [0.25, 0.3) is 0 Å². The molecule has 1 aliphatic rings. The molecule has 0 amide bonds. The number of ether oxygens (including phenoxy) is 2. The van der Waals surface area contributed by atoms with Crippen molar-refractivity contribution in [3.05, 3.63) is 40.1 Å². The number of hydrogen-bond donors (Lipinski definition) is 5. The third-order valence-electron chi connectivity index (χ3n) is 3.49. The minimum Gasteiger partial charge on any atom is -0.475 e.